The van der Waals surface area contributed by atoms with Gasteiger partial charge >= 0.3 is 0 Å². The fraction of sp³-hybridized carbons (Fsp3) is 0.688. The first-order valence-corrected chi connectivity index (χ1v) is 8.30. The Hall–Kier alpha value is -1.38. The molecule has 0 bridgehead atoms. The summed E-state index contributed by atoms with van der Waals surface area (Å²) in [4.78, 5) is 10.7. The Morgan fingerprint density at radius 2 is 2.36 bits per heavy atom. The topological polar surface area (TPSA) is 64.8 Å². The van der Waals surface area contributed by atoms with E-state index in [4.69, 9.17) is 16.9 Å². The van der Waals surface area contributed by atoms with Gasteiger partial charge in [-0.05, 0) is 63.6 Å². The average molecular weight is 320 g/mol. The molecule has 0 radical (unpaired) electrons. The fourth-order valence-electron chi connectivity index (χ4n) is 4.14. The number of hydrogen-bond donors (Lipinski definition) is 1. The highest BCUT2D eigenvalue weighted by Gasteiger charge is 2.42. The summed E-state index contributed by atoms with van der Waals surface area (Å²) in [5.41, 5.74) is 0.703. The van der Waals surface area contributed by atoms with E-state index in [1.54, 1.807) is 0 Å². The van der Waals surface area contributed by atoms with Gasteiger partial charge in [-0.15, -0.1) is 0 Å². The van der Waals surface area contributed by atoms with Crippen LogP contribution in [0.25, 0.3) is 0 Å². The molecule has 2 aliphatic rings. The van der Waals surface area contributed by atoms with E-state index in [0.717, 1.165) is 13.0 Å². The van der Waals surface area contributed by atoms with Gasteiger partial charge in [0.05, 0.1) is 6.20 Å². The van der Waals surface area contributed by atoms with Crippen LogP contribution in [0.15, 0.2) is 6.20 Å². The SMILES string of the molecule is CC1(C)C[C@H](CNc2nc(Cl)ncc2C#N)C[C@@H]2CCCN21. The average Bonchev–Trinajstić information content (AvgIpc) is 2.94. The van der Waals surface area contributed by atoms with E-state index in [1.165, 1.54) is 32.0 Å². The number of nitrogens with zero attached hydrogens (tertiary/aromatic N) is 4. The molecule has 118 valence electrons. The molecule has 5 nitrogen and oxygen atoms in total. The summed E-state index contributed by atoms with van der Waals surface area (Å²) in [6.45, 7) is 6.76. The Bertz CT molecular complexity index is 595. The monoisotopic (exact) mass is 319 g/mol. The molecule has 2 aliphatic heterocycles. The van der Waals surface area contributed by atoms with Gasteiger partial charge < -0.3 is 5.32 Å². The van der Waals surface area contributed by atoms with Crippen LogP contribution in [-0.4, -0.2) is 39.5 Å². The second kappa shape index (κ2) is 6.02. The second-order valence-corrected chi connectivity index (χ2v) is 7.34. The van der Waals surface area contributed by atoms with Gasteiger partial charge in [0.1, 0.15) is 17.5 Å². The molecule has 1 aromatic heterocycles. The number of fused-ring (bicyclic) bond motifs is 1. The van der Waals surface area contributed by atoms with Gasteiger partial charge in [0.25, 0.3) is 0 Å². The largest absolute Gasteiger partial charge is 0.369 e. The van der Waals surface area contributed by atoms with Crippen molar-refractivity contribution in [3.05, 3.63) is 17.0 Å². The van der Waals surface area contributed by atoms with Gasteiger partial charge in [-0.3, -0.25) is 4.90 Å². The minimum atomic E-state index is 0.174. The highest BCUT2D eigenvalue weighted by molar-refractivity contribution is 6.28. The molecule has 0 spiro atoms. The van der Waals surface area contributed by atoms with Crippen molar-refractivity contribution < 1.29 is 0 Å². The molecule has 2 atom stereocenters. The van der Waals surface area contributed by atoms with Gasteiger partial charge in [-0.1, -0.05) is 0 Å². The number of aromatic nitrogens is 2. The van der Waals surface area contributed by atoms with Crippen molar-refractivity contribution in [2.24, 2.45) is 5.92 Å². The Labute approximate surface area is 136 Å². The van der Waals surface area contributed by atoms with Crippen molar-refractivity contribution in [3.63, 3.8) is 0 Å². The molecule has 0 aromatic carbocycles. The standard InChI is InChI=1S/C16H22ClN5/c1-16(2)7-11(6-13-4-3-5-22(13)16)9-19-14-12(8-18)10-20-15(17)21-14/h10-11,13H,3-7,9H2,1-2H3,(H,19,20,21)/t11-,13+/m1/s1. The summed E-state index contributed by atoms with van der Waals surface area (Å²) in [7, 11) is 0. The molecule has 2 saturated heterocycles. The summed E-state index contributed by atoms with van der Waals surface area (Å²) in [5.74, 6) is 1.14. The maximum absolute atomic E-state index is 9.13. The van der Waals surface area contributed by atoms with Crippen LogP contribution in [-0.2, 0) is 0 Å². The number of rotatable bonds is 3. The minimum Gasteiger partial charge on any atom is -0.369 e. The molecule has 0 aliphatic carbocycles. The molecule has 0 saturated carbocycles. The molecule has 0 amide bonds. The number of piperidine rings is 1. The predicted octanol–water partition coefficient (Wildman–Crippen LogP) is 3.07. The molecular weight excluding hydrogens is 298 g/mol. The molecule has 2 fully saturated rings. The van der Waals surface area contributed by atoms with E-state index < -0.39 is 0 Å². The predicted molar refractivity (Wildman–Crippen MR) is 86.8 cm³/mol. The van der Waals surface area contributed by atoms with Crippen molar-refractivity contribution in [2.45, 2.75) is 51.1 Å². The first-order valence-electron chi connectivity index (χ1n) is 7.93. The molecular formula is C16H22ClN5. The second-order valence-electron chi connectivity index (χ2n) is 7.00. The van der Waals surface area contributed by atoms with Crippen molar-refractivity contribution >= 4 is 17.4 Å². The highest BCUT2D eigenvalue weighted by Crippen LogP contribution is 2.40. The quantitative estimate of drug-likeness (QED) is 0.867. The van der Waals surface area contributed by atoms with Gasteiger partial charge in [0.2, 0.25) is 5.28 Å². The maximum Gasteiger partial charge on any atom is 0.224 e. The van der Waals surface area contributed by atoms with Crippen molar-refractivity contribution in [3.8, 4) is 6.07 Å². The van der Waals surface area contributed by atoms with Crippen molar-refractivity contribution in [1.29, 1.82) is 5.26 Å². The third kappa shape index (κ3) is 3.04. The molecule has 22 heavy (non-hydrogen) atoms. The van der Waals surface area contributed by atoms with Crippen molar-refractivity contribution in [1.82, 2.24) is 14.9 Å². The van der Waals surface area contributed by atoms with Crippen LogP contribution in [0, 0.1) is 17.2 Å². The van der Waals surface area contributed by atoms with Crippen LogP contribution >= 0.6 is 11.6 Å². The Kier molecular flexibility index (Phi) is 4.24. The third-order valence-corrected chi connectivity index (χ3v) is 5.17. The van der Waals surface area contributed by atoms with E-state index in [9.17, 15) is 0 Å². The fourth-order valence-corrected chi connectivity index (χ4v) is 4.28. The normalized spacial score (nSPS) is 27.2. The van der Waals surface area contributed by atoms with E-state index in [1.807, 2.05) is 0 Å². The number of nitrogens with one attached hydrogen (secondary N) is 1. The van der Waals surface area contributed by atoms with Crippen LogP contribution in [0.4, 0.5) is 5.82 Å². The lowest BCUT2D eigenvalue weighted by atomic mass is 9.79. The Balaban J connectivity index is 1.67. The lowest BCUT2D eigenvalue weighted by molar-refractivity contribution is 0.0288. The summed E-state index contributed by atoms with van der Waals surface area (Å²) in [5, 5.41) is 12.6. The first-order chi connectivity index (χ1) is 10.5. The minimum absolute atomic E-state index is 0.174. The number of halogens is 1. The third-order valence-electron chi connectivity index (χ3n) is 4.99. The van der Waals surface area contributed by atoms with E-state index in [0.29, 0.717) is 23.3 Å². The van der Waals surface area contributed by atoms with Gasteiger partial charge in [-0.25, -0.2) is 4.98 Å². The summed E-state index contributed by atoms with van der Waals surface area (Å²) in [6.07, 6.45) is 6.48. The number of hydrogen-bond acceptors (Lipinski definition) is 5. The van der Waals surface area contributed by atoms with Crippen LogP contribution in [0.2, 0.25) is 5.28 Å². The lowest BCUT2D eigenvalue weighted by Gasteiger charge is -2.47. The Morgan fingerprint density at radius 1 is 1.55 bits per heavy atom. The van der Waals surface area contributed by atoms with Gasteiger partial charge in [0.15, 0.2) is 0 Å². The van der Waals surface area contributed by atoms with Crippen LogP contribution in [0.3, 0.4) is 0 Å². The molecule has 1 N–H and O–H groups in total. The lowest BCUT2D eigenvalue weighted by Crippen LogP contribution is -2.53. The summed E-state index contributed by atoms with van der Waals surface area (Å²) in [6, 6.07) is 2.82. The molecule has 6 heteroatoms. The van der Waals surface area contributed by atoms with Crippen LogP contribution in [0.5, 0.6) is 0 Å². The zero-order chi connectivity index (χ0) is 15.7. The van der Waals surface area contributed by atoms with Crippen LogP contribution in [0.1, 0.15) is 45.1 Å². The van der Waals surface area contributed by atoms with Gasteiger partial charge in [-0.2, -0.15) is 10.2 Å². The zero-order valence-corrected chi connectivity index (χ0v) is 13.9. The van der Waals surface area contributed by atoms with Gasteiger partial charge in [0, 0.05) is 18.1 Å². The molecule has 0 unspecified atom stereocenters. The van der Waals surface area contributed by atoms with E-state index in [-0.39, 0.29) is 10.8 Å². The number of anilines is 1. The molecule has 3 rings (SSSR count). The zero-order valence-electron chi connectivity index (χ0n) is 13.1. The van der Waals surface area contributed by atoms with Crippen LogP contribution < -0.4 is 5.32 Å². The number of nitriles is 1. The van der Waals surface area contributed by atoms with E-state index >= 15 is 0 Å². The first kappa shape index (κ1) is 15.5. The maximum atomic E-state index is 9.13. The van der Waals surface area contributed by atoms with Crippen molar-refractivity contribution in [2.75, 3.05) is 18.4 Å². The molecule has 3 heterocycles. The molecule has 1 aromatic rings. The Morgan fingerprint density at radius 3 is 3.14 bits per heavy atom. The smallest absolute Gasteiger partial charge is 0.224 e. The highest BCUT2D eigenvalue weighted by atomic mass is 35.5. The van der Waals surface area contributed by atoms with E-state index in [2.05, 4.69) is 40.1 Å². The summed E-state index contributed by atoms with van der Waals surface area (Å²) >= 11 is 5.84. The summed E-state index contributed by atoms with van der Waals surface area (Å²) < 4.78 is 0.